The first kappa shape index (κ1) is 13.1. The molecule has 0 aliphatic rings. The Kier molecular flexibility index (Phi) is 3.85. The van der Waals surface area contributed by atoms with Gasteiger partial charge in [-0.15, -0.1) is 0 Å². The molecule has 3 heteroatoms. The zero-order valence-corrected chi connectivity index (χ0v) is 11.0. The van der Waals surface area contributed by atoms with Crippen LogP contribution in [0.3, 0.4) is 0 Å². The van der Waals surface area contributed by atoms with E-state index in [4.69, 9.17) is 9.84 Å². The third kappa shape index (κ3) is 3.13. The van der Waals surface area contributed by atoms with Crippen LogP contribution >= 0.6 is 0 Å². The number of carboxylic acid groups (broad SMARTS) is 1. The molecule has 2 aromatic rings. The topological polar surface area (TPSA) is 46.5 Å². The lowest BCUT2D eigenvalue weighted by molar-refractivity contribution is 0.0694. The molecule has 0 aliphatic heterocycles. The van der Waals surface area contributed by atoms with Gasteiger partial charge in [-0.1, -0.05) is 35.9 Å². The van der Waals surface area contributed by atoms with Crippen molar-refractivity contribution in [3.8, 4) is 5.75 Å². The van der Waals surface area contributed by atoms with Gasteiger partial charge in [0.1, 0.15) is 12.4 Å². The Morgan fingerprint density at radius 2 is 1.89 bits per heavy atom. The molecule has 0 aromatic heterocycles. The Morgan fingerprint density at radius 3 is 2.58 bits per heavy atom. The van der Waals surface area contributed by atoms with E-state index in [2.05, 4.69) is 0 Å². The highest BCUT2D eigenvalue weighted by atomic mass is 16.5. The molecular formula is C16H16O3. The maximum atomic E-state index is 11.1. The third-order valence-electron chi connectivity index (χ3n) is 2.96. The summed E-state index contributed by atoms with van der Waals surface area (Å²) in [4.78, 5) is 11.1. The number of hydrogen-bond acceptors (Lipinski definition) is 2. The number of aryl methyl sites for hydroxylation is 2. The number of ether oxygens (including phenoxy) is 1. The van der Waals surface area contributed by atoms with Crippen molar-refractivity contribution in [2.24, 2.45) is 0 Å². The molecule has 0 radical (unpaired) electrons. The molecule has 3 nitrogen and oxygen atoms in total. The van der Waals surface area contributed by atoms with Crippen molar-refractivity contribution in [2.45, 2.75) is 20.5 Å². The summed E-state index contributed by atoms with van der Waals surface area (Å²) in [5.74, 6) is -0.148. The van der Waals surface area contributed by atoms with Crippen LogP contribution in [0, 0.1) is 13.8 Å². The second-order valence-corrected chi connectivity index (χ2v) is 4.52. The van der Waals surface area contributed by atoms with Crippen molar-refractivity contribution >= 4 is 5.97 Å². The quantitative estimate of drug-likeness (QED) is 0.909. The van der Waals surface area contributed by atoms with Crippen molar-refractivity contribution < 1.29 is 14.6 Å². The molecule has 0 amide bonds. The minimum absolute atomic E-state index is 0.256. The van der Waals surface area contributed by atoms with Crippen molar-refractivity contribution in [3.63, 3.8) is 0 Å². The Hall–Kier alpha value is -2.29. The second-order valence-electron chi connectivity index (χ2n) is 4.52. The smallest absolute Gasteiger partial charge is 0.336 e. The van der Waals surface area contributed by atoms with Gasteiger partial charge in [0.2, 0.25) is 0 Å². The Bertz CT molecular complexity index is 603. The Balaban J connectivity index is 2.17. The van der Waals surface area contributed by atoms with E-state index in [-0.39, 0.29) is 12.2 Å². The SMILES string of the molecule is Cc1ccc(OCc2ccccc2C(=O)O)c(C)c1. The van der Waals surface area contributed by atoms with Gasteiger partial charge < -0.3 is 9.84 Å². The molecule has 0 unspecified atom stereocenters. The molecule has 0 spiro atoms. The first-order valence-electron chi connectivity index (χ1n) is 6.09. The van der Waals surface area contributed by atoms with Gasteiger partial charge in [-0.3, -0.25) is 0 Å². The van der Waals surface area contributed by atoms with Gasteiger partial charge in [-0.25, -0.2) is 4.79 Å². The van der Waals surface area contributed by atoms with Crippen LogP contribution in [0.5, 0.6) is 5.75 Å². The fourth-order valence-electron chi connectivity index (χ4n) is 1.97. The molecular weight excluding hydrogens is 240 g/mol. The van der Waals surface area contributed by atoms with Gasteiger partial charge in [0, 0.05) is 5.56 Å². The lowest BCUT2D eigenvalue weighted by Gasteiger charge is -2.11. The van der Waals surface area contributed by atoms with Gasteiger partial charge >= 0.3 is 5.97 Å². The highest BCUT2D eigenvalue weighted by molar-refractivity contribution is 5.89. The van der Waals surface area contributed by atoms with E-state index < -0.39 is 5.97 Å². The lowest BCUT2D eigenvalue weighted by Crippen LogP contribution is -2.05. The summed E-state index contributed by atoms with van der Waals surface area (Å²) >= 11 is 0. The van der Waals surface area contributed by atoms with E-state index in [1.165, 1.54) is 5.56 Å². The molecule has 0 fully saturated rings. The van der Waals surface area contributed by atoms with E-state index in [1.54, 1.807) is 18.2 Å². The molecule has 0 saturated heterocycles. The standard InChI is InChI=1S/C16H16O3/c1-11-7-8-15(12(2)9-11)19-10-13-5-3-4-6-14(13)16(17)18/h3-9H,10H2,1-2H3,(H,17,18). The van der Waals surface area contributed by atoms with Crippen molar-refractivity contribution in [1.82, 2.24) is 0 Å². The summed E-state index contributed by atoms with van der Waals surface area (Å²) < 4.78 is 5.71. The molecule has 0 aliphatic carbocycles. The average molecular weight is 256 g/mol. The van der Waals surface area contributed by atoms with Crippen LogP contribution in [-0.2, 0) is 6.61 Å². The average Bonchev–Trinajstić information content (AvgIpc) is 2.38. The van der Waals surface area contributed by atoms with E-state index in [0.29, 0.717) is 5.56 Å². The second kappa shape index (κ2) is 5.57. The number of benzene rings is 2. The summed E-state index contributed by atoms with van der Waals surface area (Å²) in [7, 11) is 0. The number of carboxylic acids is 1. The maximum absolute atomic E-state index is 11.1. The number of hydrogen-bond donors (Lipinski definition) is 1. The largest absolute Gasteiger partial charge is 0.489 e. The van der Waals surface area contributed by atoms with Crippen LogP contribution in [0.15, 0.2) is 42.5 Å². The van der Waals surface area contributed by atoms with E-state index >= 15 is 0 Å². The fourth-order valence-corrected chi connectivity index (χ4v) is 1.97. The van der Waals surface area contributed by atoms with E-state index in [0.717, 1.165) is 11.3 Å². The summed E-state index contributed by atoms with van der Waals surface area (Å²) in [6.45, 7) is 4.26. The number of aromatic carboxylic acids is 1. The van der Waals surface area contributed by atoms with Gasteiger partial charge in [-0.05, 0) is 31.5 Å². The van der Waals surface area contributed by atoms with Crippen molar-refractivity contribution in [1.29, 1.82) is 0 Å². The molecule has 0 bridgehead atoms. The first-order valence-corrected chi connectivity index (χ1v) is 6.09. The summed E-state index contributed by atoms with van der Waals surface area (Å²) in [6, 6.07) is 12.8. The normalized spacial score (nSPS) is 10.2. The molecule has 0 heterocycles. The van der Waals surface area contributed by atoms with Crippen LogP contribution in [0.1, 0.15) is 27.0 Å². The molecule has 2 rings (SSSR count). The molecule has 19 heavy (non-hydrogen) atoms. The predicted molar refractivity (Wildman–Crippen MR) is 73.6 cm³/mol. The van der Waals surface area contributed by atoms with Crippen LogP contribution in [0.25, 0.3) is 0 Å². The van der Waals surface area contributed by atoms with E-state index in [1.807, 2.05) is 38.1 Å². The maximum Gasteiger partial charge on any atom is 0.336 e. The highest BCUT2D eigenvalue weighted by Crippen LogP contribution is 2.20. The fraction of sp³-hybridized carbons (Fsp3) is 0.188. The number of rotatable bonds is 4. The first-order chi connectivity index (χ1) is 9.08. The van der Waals surface area contributed by atoms with Crippen molar-refractivity contribution in [3.05, 3.63) is 64.7 Å². The van der Waals surface area contributed by atoms with Crippen LogP contribution in [-0.4, -0.2) is 11.1 Å². The molecule has 2 aromatic carbocycles. The van der Waals surface area contributed by atoms with Crippen molar-refractivity contribution in [2.75, 3.05) is 0 Å². The monoisotopic (exact) mass is 256 g/mol. The summed E-state index contributed by atoms with van der Waals surface area (Å²) in [5.41, 5.74) is 3.19. The lowest BCUT2D eigenvalue weighted by atomic mass is 10.1. The molecule has 0 atom stereocenters. The van der Waals surface area contributed by atoms with E-state index in [9.17, 15) is 4.79 Å². The van der Waals surface area contributed by atoms with Gasteiger partial charge in [0.25, 0.3) is 0 Å². The molecule has 0 saturated carbocycles. The van der Waals surface area contributed by atoms with Crippen LogP contribution in [0.4, 0.5) is 0 Å². The van der Waals surface area contributed by atoms with Gasteiger partial charge in [-0.2, -0.15) is 0 Å². The predicted octanol–water partition coefficient (Wildman–Crippen LogP) is 3.58. The van der Waals surface area contributed by atoms with Gasteiger partial charge in [0.15, 0.2) is 0 Å². The highest BCUT2D eigenvalue weighted by Gasteiger charge is 2.09. The van der Waals surface area contributed by atoms with Crippen LogP contribution in [0.2, 0.25) is 0 Å². The molecule has 98 valence electrons. The zero-order valence-electron chi connectivity index (χ0n) is 11.0. The molecule has 1 N–H and O–H groups in total. The minimum Gasteiger partial charge on any atom is -0.489 e. The zero-order chi connectivity index (χ0) is 13.8. The van der Waals surface area contributed by atoms with Gasteiger partial charge in [0.05, 0.1) is 5.56 Å². The van der Waals surface area contributed by atoms with Crippen LogP contribution < -0.4 is 4.74 Å². The number of carbonyl (C=O) groups is 1. The Labute approximate surface area is 112 Å². The minimum atomic E-state index is -0.931. The Morgan fingerprint density at radius 1 is 1.16 bits per heavy atom. The summed E-state index contributed by atoms with van der Waals surface area (Å²) in [5, 5.41) is 9.10. The summed E-state index contributed by atoms with van der Waals surface area (Å²) in [6.07, 6.45) is 0. The third-order valence-corrected chi connectivity index (χ3v) is 2.96.